The third kappa shape index (κ3) is 2.76. The second-order valence-corrected chi connectivity index (χ2v) is 5.02. The standard InChI is InChI=1S/C16H12F6O2/c1-24-16(21,22)15(19,20)14(23,10-2-6-12(17)7-3-10)11-4-8-13(18)9-5-11/h2-9,23H,1H3. The third-order valence-corrected chi connectivity index (χ3v) is 3.60. The minimum absolute atomic E-state index is 0.351. The highest BCUT2D eigenvalue weighted by Gasteiger charge is 2.70. The lowest BCUT2D eigenvalue weighted by atomic mass is 9.80. The van der Waals surface area contributed by atoms with Gasteiger partial charge in [-0.2, -0.15) is 17.6 Å². The molecule has 8 heteroatoms. The quantitative estimate of drug-likeness (QED) is 0.824. The van der Waals surface area contributed by atoms with Crippen LogP contribution in [0.4, 0.5) is 26.3 Å². The minimum Gasteiger partial charge on any atom is -0.374 e. The van der Waals surface area contributed by atoms with E-state index in [4.69, 9.17) is 0 Å². The Morgan fingerprint density at radius 3 is 1.38 bits per heavy atom. The molecule has 0 spiro atoms. The number of rotatable bonds is 5. The Balaban J connectivity index is 2.74. The molecule has 0 amide bonds. The van der Waals surface area contributed by atoms with Gasteiger partial charge in [0.1, 0.15) is 11.6 Å². The fourth-order valence-electron chi connectivity index (χ4n) is 2.25. The zero-order valence-electron chi connectivity index (χ0n) is 12.2. The molecule has 0 radical (unpaired) electrons. The van der Waals surface area contributed by atoms with Crippen LogP contribution in [0.2, 0.25) is 0 Å². The monoisotopic (exact) mass is 350 g/mol. The summed E-state index contributed by atoms with van der Waals surface area (Å²) in [7, 11) is 0.351. The molecule has 0 heterocycles. The summed E-state index contributed by atoms with van der Waals surface area (Å²) >= 11 is 0. The zero-order chi connectivity index (χ0) is 18.2. The van der Waals surface area contributed by atoms with Gasteiger partial charge < -0.3 is 9.84 Å². The summed E-state index contributed by atoms with van der Waals surface area (Å²) in [6.45, 7) is 0. The van der Waals surface area contributed by atoms with Gasteiger partial charge in [-0.15, -0.1) is 0 Å². The number of methoxy groups -OCH3 is 1. The van der Waals surface area contributed by atoms with Crippen molar-refractivity contribution in [1.29, 1.82) is 0 Å². The van der Waals surface area contributed by atoms with Gasteiger partial charge in [0.2, 0.25) is 0 Å². The van der Waals surface area contributed by atoms with Crippen LogP contribution in [0, 0.1) is 11.6 Å². The Morgan fingerprint density at radius 2 is 1.08 bits per heavy atom. The van der Waals surface area contributed by atoms with E-state index < -0.39 is 40.4 Å². The number of hydrogen-bond donors (Lipinski definition) is 1. The first kappa shape index (κ1) is 18.3. The lowest BCUT2D eigenvalue weighted by Crippen LogP contribution is -2.58. The number of benzene rings is 2. The Labute approximate surface area is 133 Å². The van der Waals surface area contributed by atoms with Gasteiger partial charge in [-0.1, -0.05) is 24.3 Å². The molecule has 0 unspecified atom stereocenters. The molecule has 2 nitrogen and oxygen atoms in total. The summed E-state index contributed by atoms with van der Waals surface area (Å²) in [4.78, 5) is 0. The van der Waals surface area contributed by atoms with Gasteiger partial charge >= 0.3 is 12.0 Å². The number of aliphatic hydroxyl groups is 1. The molecular weight excluding hydrogens is 338 g/mol. The van der Waals surface area contributed by atoms with Gasteiger partial charge in [0, 0.05) is 7.11 Å². The number of ether oxygens (including phenoxy) is 1. The van der Waals surface area contributed by atoms with Crippen molar-refractivity contribution in [3.8, 4) is 0 Å². The summed E-state index contributed by atoms with van der Waals surface area (Å²) in [5.41, 5.74) is -5.01. The predicted octanol–water partition coefficient (Wildman–Crippen LogP) is 4.08. The summed E-state index contributed by atoms with van der Waals surface area (Å²) in [6.07, 6.45) is -5.05. The van der Waals surface area contributed by atoms with Crippen molar-refractivity contribution < 1.29 is 36.2 Å². The van der Waals surface area contributed by atoms with Crippen molar-refractivity contribution in [3.63, 3.8) is 0 Å². The molecule has 130 valence electrons. The van der Waals surface area contributed by atoms with Crippen LogP contribution in [0.3, 0.4) is 0 Å². The fourth-order valence-corrected chi connectivity index (χ4v) is 2.25. The van der Waals surface area contributed by atoms with E-state index in [1.54, 1.807) is 0 Å². The van der Waals surface area contributed by atoms with Crippen molar-refractivity contribution in [2.24, 2.45) is 0 Å². The maximum Gasteiger partial charge on any atom is 0.422 e. The highest BCUT2D eigenvalue weighted by Crippen LogP contribution is 2.51. The molecule has 2 rings (SSSR count). The summed E-state index contributed by atoms with van der Waals surface area (Å²) in [5, 5.41) is 10.6. The molecule has 1 N–H and O–H groups in total. The van der Waals surface area contributed by atoms with Crippen LogP contribution in [0.5, 0.6) is 0 Å². The Hall–Kier alpha value is -2.06. The molecule has 24 heavy (non-hydrogen) atoms. The van der Waals surface area contributed by atoms with E-state index in [0.717, 1.165) is 48.5 Å². The van der Waals surface area contributed by atoms with Crippen LogP contribution >= 0.6 is 0 Å². The molecule has 2 aromatic carbocycles. The molecule has 0 saturated heterocycles. The van der Waals surface area contributed by atoms with Crippen molar-refractivity contribution in [2.45, 2.75) is 17.6 Å². The number of halogens is 6. The van der Waals surface area contributed by atoms with Crippen LogP contribution in [0.25, 0.3) is 0 Å². The number of hydrogen-bond acceptors (Lipinski definition) is 2. The second kappa shape index (κ2) is 6.10. The fraction of sp³-hybridized carbons (Fsp3) is 0.250. The first-order valence-electron chi connectivity index (χ1n) is 6.61. The molecule has 0 aliphatic carbocycles. The SMILES string of the molecule is COC(F)(F)C(F)(F)C(O)(c1ccc(F)cc1)c1ccc(F)cc1. The van der Waals surface area contributed by atoms with Crippen LogP contribution in [0.1, 0.15) is 11.1 Å². The average molecular weight is 350 g/mol. The van der Waals surface area contributed by atoms with Gasteiger partial charge in [-0.25, -0.2) is 8.78 Å². The Morgan fingerprint density at radius 1 is 0.750 bits per heavy atom. The summed E-state index contributed by atoms with van der Waals surface area (Å²) < 4.78 is 86.0. The normalized spacial score (nSPS) is 13.2. The van der Waals surface area contributed by atoms with E-state index in [1.165, 1.54) is 0 Å². The maximum absolute atomic E-state index is 14.5. The van der Waals surface area contributed by atoms with Gasteiger partial charge in [-0.05, 0) is 35.4 Å². The van der Waals surface area contributed by atoms with E-state index in [9.17, 15) is 31.4 Å². The van der Waals surface area contributed by atoms with Gasteiger partial charge in [-0.3, -0.25) is 0 Å². The first-order chi connectivity index (χ1) is 11.1. The highest BCUT2D eigenvalue weighted by atomic mass is 19.3. The van der Waals surface area contributed by atoms with Crippen molar-refractivity contribution in [2.75, 3.05) is 7.11 Å². The smallest absolute Gasteiger partial charge is 0.374 e. The van der Waals surface area contributed by atoms with E-state index in [-0.39, 0.29) is 0 Å². The van der Waals surface area contributed by atoms with Crippen LogP contribution < -0.4 is 0 Å². The van der Waals surface area contributed by atoms with Crippen LogP contribution in [-0.2, 0) is 10.3 Å². The van der Waals surface area contributed by atoms with Crippen LogP contribution in [-0.4, -0.2) is 24.2 Å². The Bertz CT molecular complexity index is 652. The van der Waals surface area contributed by atoms with Crippen molar-refractivity contribution in [3.05, 3.63) is 71.3 Å². The molecule has 0 aromatic heterocycles. The topological polar surface area (TPSA) is 29.5 Å². The van der Waals surface area contributed by atoms with E-state index in [0.29, 0.717) is 7.11 Å². The summed E-state index contributed by atoms with van der Waals surface area (Å²) in [5.74, 6) is -6.78. The van der Waals surface area contributed by atoms with Gasteiger partial charge in [0.05, 0.1) is 0 Å². The third-order valence-electron chi connectivity index (χ3n) is 3.60. The van der Waals surface area contributed by atoms with E-state index in [2.05, 4.69) is 4.74 Å². The Kier molecular flexibility index (Phi) is 4.65. The summed E-state index contributed by atoms with van der Waals surface area (Å²) in [6, 6.07) is 5.85. The molecule has 0 saturated carbocycles. The first-order valence-corrected chi connectivity index (χ1v) is 6.61. The van der Waals surface area contributed by atoms with E-state index >= 15 is 0 Å². The van der Waals surface area contributed by atoms with Gasteiger partial charge in [0.25, 0.3) is 0 Å². The molecule has 0 aliphatic heterocycles. The van der Waals surface area contributed by atoms with E-state index in [1.807, 2.05) is 0 Å². The highest BCUT2D eigenvalue weighted by molar-refractivity contribution is 5.40. The average Bonchev–Trinajstić information content (AvgIpc) is 2.55. The number of alkyl halides is 4. The van der Waals surface area contributed by atoms with Crippen molar-refractivity contribution >= 4 is 0 Å². The molecule has 0 atom stereocenters. The predicted molar refractivity (Wildman–Crippen MR) is 72.7 cm³/mol. The van der Waals surface area contributed by atoms with Crippen molar-refractivity contribution in [1.82, 2.24) is 0 Å². The lowest BCUT2D eigenvalue weighted by Gasteiger charge is -2.39. The van der Waals surface area contributed by atoms with Crippen LogP contribution in [0.15, 0.2) is 48.5 Å². The minimum atomic E-state index is -5.15. The largest absolute Gasteiger partial charge is 0.422 e. The lowest BCUT2D eigenvalue weighted by molar-refractivity contribution is -0.378. The van der Waals surface area contributed by atoms with Gasteiger partial charge in [0.15, 0.2) is 5.60 Å². The molecule has 0 fully saturated rings. The second-order valence-electron chi connectivity index (χ2n) is 5.02. The molecule has 2 aromatic rings. The molecule has 0 bridgehead atoms. The maximum atomic E-state index is 14.5. The zero-order valence-corrected chi connectivity index (χ0v) is 12.2. The molecular formula is C16H12F6O2. The molecule has 0 aliphatic rings.